The lowest BCUT2D eigenvalue weighted by atomic mass is 10.1. The van der Waals surface area contributed by atoms with Gasteiger partial charge < -0.3 is 10.2 Å². The van der Waals surface area contributed by atoms with Crippen molar-refractivity contribution in [1.29, 1.82) is 0 Å². The van der Waals surface area contributed by atoms with Crippen LogP contribution in [-0.4, -0.2) is 41.0 Å². The Balaban J connectivity index is 2.01. The molecule has 0 radical (unpaired) electrons. The molecule has 1 aliphatic rings. The second kappa shape index (κ2) is 4.97. The topological polar surface area (TPSA) is 41.1 Å². The van der Waals surface area contributed by atoms with Gasteiger partial charge >= 0.3 is 0 Å². The molecule has 5 heteroatoms. The van der Waals surface area contributed by atoms with Crippen LogP contribution in [-0.2, 0) is 0 Å². The van der Waals surface area contributed by atoms with Crippen LogP contribution >= 0.6 is 11.6 Å². The van der Waals surface area contributed by atoms with Gasteiger partial charge in [-0.05, 0) is 39.9 Å². The fourth-order valence-corrected chi connectivity index (χ4v) is 2.05. The highest BCUT2D eigenvalue weighted by Gasteiger charge is 2.17. The van der Waals surface area contributed by atoms with E-state index in [1.807, 2.05) is 6.92 Å². The number of nitrogens with one attached hydrogen (secondary N) is 1. The maximum Gasteiger partial charge on any atom is 0.137 e. The van der Waals surface area contributed by atoms with E-state index in [1.165, 1.54) is 6.33 Å². The number of hydrogen-bond donors (Lipinski definition) is 1. The standard InChI is InChI=1S/C11H17ClN4/c1-8-10(12)13-7-14-11(8)15-9-3-5-16(2)6-4-9/h7,9H,3-6H2,1-2H3,(H,13,14,15). The van der Waals surface area contributed by atoms with Crippen molar-refractivity contribution in [1.82, 2.24) is 14.9 Å². The Kier molecular flexibility index (Phi) is 3.61. The molecule has 0 bridgehead atoms. The van der Waals surface area contributed by atoms with Crippen LogP contribution in [0.3, 0.4) is 0 Å². The first-order chi connectivity index (χ1) is 7.66. The Morgan fingerprint density at radius 3 is 2.75 bits per heavy atom. The van der Waals surface area contributed by atoms with Gasteiger partial charge in [-0.25, -0.2) is 9.97 Å². The summed E-state index contributed by atoms with van der Waals surface area (Å²) in [6, 6.07) is 0.501. The number of aromatic nitrogens is 2. The van der Waals surface area contributed by atoms with Gasteiger partial charge in [0.05, 0.1) is 0 Å². The lowest BCUT2D eigenvalue weighted by molar-refractivity contribution is 0.263. The van der Waals surface area contributed by atoms with E-state index in [0.717, 1.165) is 37.3 Å². The van der Waals surface area contributed by atoms with Crippen molar-refractivity contribution >= 4 is 17.4 Å². The molecule has 1 saturated heterocycles. The van der Waals surface area contributed by atoms with E-state index in [0.29, 0.717) is 11.2 Å². The van der Waals surface area contributed by atoms with Crippen molar-refractivity contribution in [3.05, 3.63) is 17.0 Å². The van der Waals surface area contributed by atoms with E-state index in [2.05, 4.69) is 27.2 Å². The summed E-state index contributed by atoms with van der Waals surface area (Å²) in [6.45, 7) is 4.21. The van der Waals surface area contributed by atoms with Crippen molar-refractivity contribution in [2.24, 2.45) is 0 Å². The number of likely N-dealkylation sites (tertiary alicyclic amines) is 1. The zero-order valence-electron chi connectivity index (χ0n) is 9.70. The predicted molar refractivity (Wildman–Crippen MR) is 65.9 cm³/mol. The molecule has 4 nitrogen and oxygen atoms in total. The van der Waals surface area contributed by atoms with E-state index in [4.69, 9.17) is 11.6 Å². The molecule has 0 saturated carbocycles. The lowest BCUT2D eigenvalue weighted by Gasteiger charge is -2.30. The number of piperidine rings is 1. The molecule has 1 aromatic heterocycles. The van der Waals surface area contributed by atoms with Crippen LogP contribution < -0.4 is 5.32 Å². The highest BCUT2D eigenvalue weighted by atomic mass is 35.5. The molecule has 1 N–H and O–H groups in total. The van der Waals surface area contributed by atoms with Crippen molar-refractivity contribution in [2.75, 3.05) is 25.5 Å². The summed E-state index contributed by atoms with van der Waals surface area (Å²) in [4.78, 5) is 10.5. The second-order valence-corrected chi connectivity index (χ2v) is 4.72. The normalized spacial score (nSPS) is 18.7. The third-order valence-corrected chi connectivity index (χ3v) is 3.46. The highest BCUT2D eigenvalue weighted by Crippen LogP contribution is 2.21. The minimum absolute atomic E-state index is 0.501. The molecular formula is C11H17ClN4. The van der Waals surface area contributed by atoms with Gasteiger partial charge in [0, 0.05) is 11.6 Å². The Bertz CT molecular complexity index is 361. The molecule has 1 aliphatic heterocycles. The zero-order chi connectivity index (χ0) is 11.5. The predicted octanol–water partition coefficient (Wildman–Crippen LogP) is 1.94. The Morgan fingerprint density at radius 2 is 2.06 bits per heavy atom. The van der Waals surface area contributed by atoms with Crippen molar-refractivity contribution in [3.8, 4) is 0 Å². The smallest absolute Gasteiger partial charge is 0.137 e. The number of anilines is 1. The molecule has 0 atom stereocenters. The molecule has 1 fully saturated rings. The Hall–Kier alpha value is -0.870. The maximum absolute atomic E-state index is 5.96. The van der Waals surface area contributed by atoms with Gasteiger partial charge in [0.2, 0.25) is 0 Å². The van der Waals surface area contributed by atoms with Crippen LogP contribution in [0.15, 0.2) is 6.33 Å². The maximum atomic E-state index is 5.96. The molecular weight excluding hydrogens is 224 g/mol. The summed E-state index contributed by atoms with van der Waals surface area (Å²) in [5.74, 6) is 0.870. The number of halogens is 1. The van der Waals surface area contributed by atoms with E-state index in [1.54, 1.807) is 0 Å². The van der Waals surface area contributed by atoms with Crippen molar-refractivity contribution < 1.29 is 0 Å². The summed E-state index contributed by atoms with van der Waals surface area (Å²) >= 11 is 5.96. The minimum Gasteiger partial charge on any atom is -0.367 e. The number of hydrogen-bond acceptors (Lipinski definition) is 4. The molecule has 16 heavy (non-hydrogen) atoms. The minimum atomic E-state index is 0.501. The quantitative estimate of drug-likeness (QED) is 0.803. The van der Waals surface area contributed by atoms with Gasteiger partial charge in [-0.2, -0.15) is 0 Å². The van der Waals surface area contributed by atoms with Gasteiger partial charge in [-0.3, -0.25) is 0 Å². The molecule has 1 aromatic rings. The first kappa shape index (κ1) is 11.6. The fourth-order valence-electron chi connectivity index (χ4n) is 1.92. The van der Waals surface area contributed by atoms with Crippen LogP contribution in [0.2, 0.25) is 5.15 Å². The highest BCUT2D eigenvalue weighted by molar-refractivity contribution is 6.30. The molecule has 0 aromatic carbocycles. The first-order valence-electron chi connectivity index (χ1n) is 5.59. The summed E-state index contributed by atoms with van der Waals surface area (Å²) in [7, 11) is 2.16. The number of rotatable bonds is 2. The van der Waals surface area contributed by atoms with Crippen molar-refractivity contribution in [3.63, 3.8) is 0 Å². The molecule has 0 amide bonds. The summed E-state index contributed by atoms with van der Waals surface area (Å²) in [5.41, 5.74) is 0.933. The SMILES string of the molecule is Cc1c(Cl)ncnc1NC1CCN(C)CC1. The van der Waals surface area contributed by atoms with Gasteiger partial charge in [0.25, 0.3) is 0 Å². The molecule has 2 rings (SSSR count). The summed E-state index contributed by atoms with van der Waals surface area (Å²) in [5, 5.41) is 3.98. The monoisotopic (exact) mass is 240 g/mol. The average Bonchev–Trinajstić information content (AvgIpc) is 2.28. The Labute approximate surface area is 101 Å². The van der Waals surface area contributed by atoms with E-state index in [-0.39, 0.29) is 0 Å². The van der Waals surface area contributed by atoms with Gasteiger partial charge in [0.15, 0.2) is 0 Å². The van der Waals surface area contributed by atoms with Crippen LogP contribution in [0.25, 0.3) is 0 Å². The first-order valence-corrected chi connectivity index (χ1v) is 5.97. The molecule has 88 valence electrons. The average molecular weight is 241 g/mol. The molecule has 0 aliphatic carbocycles. The second-order valence-electron chi connectivity index (χ2n) is 4.36. The van der Waals surface area contributed by atoms with E-state index >= 15 is 0 Å². The van der Waals surface area contributed by atoms with E-state index < -0.39 is 0 Å². The van der Waals surface area contributed by atoms with Crippen LogP contribution in [0.4, 0.5) is 5.82 Å². The van der Waals surface area contributed by atoms with Gasteiger partial charge in [0.1, 0.15) is 17.3 Å². The summed E-state index contributed by atoms with van der Waals surface area (Å²) < 4.78 is 0. The lowest BCUT2D eigenvalue weighted by Crippen LogP contribution is -2.37. The van der Waals surface area contributed by atoms with Crippen LogP contribution in [0, 0.1) is 6.92 Å². The molecule has 2 heterocycles. The summed E-state index contributed by atoms with van der Waals surface area (Å²) in [6.07, 6.45) is 3.81. The van der Waals surface area contributed by atoms with Crippen LogP contribution in [0.5, 0.6) is 0 Å². The Morgan fingerprint density at radius 1 is 1.38 bits per heavy atom. The fraction of sp³-hybridized carbons (Fsp3) is 0.636. The zero-order valence-corrected chi connectivity index (χ0v) is 10.5. The molecule has 0 unspecified atom stereocenters. The molecule has 0 spiro atoms. The number of nitrogens with zero attached hydrogens (tertiary/aromatic N) is 3. The van der Waals surface area contributed by atoms with Gasteiger partial charge in [-0.1, -0.05) is 11.6 Å². The largest absolute Gasteiger partial charge is 0.367 e. The van der Waals surface area contributed by atoms with E-state index in [9.17, 15) is 0 Å². The third kappa shape index (κ3) is 2.62. The van der Waals surface area contributed by atoms with Gasteiger partial charge in [-0.15, -0.1) is 0 Å². The van der Waals surface area contributed by atoms with Crippen LogP contribution in [0.1, 0.15) is 18.4 Å². The van der Waals surface area contributed by atoms with Crippen molar-refractivity contribution in [2.45, 2.75) is 25.8 Å². The third-order valence-electron chi connectivity index (χ3n) is 3.08.